The average molecular weight is 239 g/mol. The second-order valence-corrected chi connectivity index (χ2v) is 6.43. The Hall–Kier alpha value is -0.140. The van der Waals surface area contributed by atoms with Crippen molar-refractivity contribution in [3.05, 3.63) is 30.3 Å². The van der Waals surface area contributed by atoms with Crippen LogP contribution >= 0.6 is 23.4 Å². The molecule has 0 nitrogen and oxygen atoms in total. The van der Waals surface area contributed by atoms with Gasteiger partial charge in [0.15, 0.2) is 0 Å². The van der Waals surface area contributed by atoms with E-state index in [0.717, 1.165) is 11.8 Å². The zero-order valence-electron chi connectivity index (χ0n) is 8.60. The van der Waals surface area contributed by atoms with Gasteiger partial charge >= 0.3 is 0 Å². The minimum atomic E-state index is 0.411. The molecule has 2 aliphatic rings. The van der Waals surface area contributed by atoms with E-state index in [0.29, 0.717) is 10.6 Å². The van der Waals surface area contributed by atoms with Gasteiger partial charge in [-0.25, -0.2) is 0 Å². The topological polar surface area (TPSA) is 0 Å². The third-order valence-corrected chi connectivity index (χ3v) is 6.03. The number of rotatable bonds is 2. The molecule has 2 fully saturated rings. The van der Waals surface area contributed by atoms with Gasteiger partial charge in [0.25, 0.3) is 0 Å². The number of fused-ring (bicyclic) bond motifs is 2. The summed E-state index contributed by atoms with van der Waals surface area (Å²) in [7, 11) is 0. The SMILES string of the molecule is ClC1C(Sc2ccccc2)[C@@H]2CC[C@@H]1C2. The zero-order valence-corrected chi connectivity index (χ0v) is 10.2. The predicted octanol–water partition coefficient (Wildman–Crippen LogP) is 4.18. The molecule has 4 atom stereocenters. The van der Waals surface area contributed by atoms with Crippen LogP contribution in [-0.2, 0) is 0 Å². The third kappa shape index (κ3) is 1.81. The van der Waals surface area contributed by atoms with Gasteiger partial charge in [0.2, 0.25) is 0 Å². The highest BCUT2D eigenvalue weighted by molar-refractivity contribution is 8.00. The van der Waals surface area contributed by atoms with Gasteiger partial charge in [-0.1, -0.05) is 18.2 Å². The van der Waals surface area contributed by atoms with E-state index in [2.05, 4.69) is 30.3 Å². The lowest BCUT2D eigenvalue weighted by Gasteiger charge is -2.25. The summed E-state index contributed by atoms with van der Waals surface area (Å²) >= 11 is 8.49. The molecule has 0 N–H and O–H groups in total. The Labute approximate surface area is 100 Å². The van der Waals surface area contributed by atoms with E-state index in [-0.39, 0.29) is 0 Å². The molecule has 2 aliphatic carbocycles. The van der Waals surface area contributed by atoms with E-state index >= 15 is 0 Å². The van der Waals surface area contributed by atoms with Crippen molar-refractivity contribution in [3.63, 3.8) is 0 Å². The van der Waals surface area contributed by atoms with Crippen LogP contribution in [0.25, 0.3) is 0 Å². The van der Waals surface area contributed by atoms with Crippen LogP contribution in [0, 0.1) is 11.8 Å². The standard InChI is InChI=1S/C13H15ClS/c14-12-9-6-7-10(8-9)13(12)15-11-4-2-1-3-5-11/h1-5,9-10,12-13H,6-8H2/t9-,10-,12?,13?/m1/s1. The molecule has 0 aromatic heterocycles. The van der Waals surface area contributed by atoms with Crippen molar-refractivity contribution in [3.8, 4) is 0 Å². The molecule has 0 heterocycles. The van der Waals surface area contributed by atoms with Gasteiger partial charge < -0.3 is 0 Å². The first-order valence-electron chi connectivity index (χ1n) is 5.70. The molecule has 2 bridgehead atoms. The smallest absolute Gasteiger partial charge is 0.0489 e. The van der Waals surface area contributed by atoms with Crippen molar-refractivity contribution >= 4 is 23.4 Å². The van der Waals surface area contributed by atoms with Crippen LogP contribution < -0.4 is 0 Å². The maximum absolute atomic E-state index is 6.50. The lowest BCUT2D eigenvalue weighted by atomic mass is 10.00. The van der Waals surface area contributed by atoms with E-state index in [1.54, 1.807) is 0 Å². The van der Waals surface area contributed by atoms with Crippen LogP contribution in [0.4, 0.5) is 0 Å². The first kappa shape index (κ1) is 10.0. The van der Waals surface area contributed by atoms with Crippen molar-refractivity contribution in [2.45, 2.75) is 34.8 Å². The fourth-order valence-electron chi connectivity index (χ4n) is 2.99. The summed E-state index contributed by atoms with van der Waals surface area (Å²) < 4.78 is 0. The maximum atomic E-state index is 6.50. The largest absolute Gasteiger partial charge is 0.121 e. The van der Waals surface area contributed by atoms with Crippen molar-refractivity contribution < 1.29 is 0 Å². The highest BCUT2D eigenvalue weighted by atomic mass is 35.5. The Morgan fingerprint density at radius 2 is 1.80 bits per heavy atom. The van der Waals surface area contributed by atoms with E-state index in [9.17, 15) is 0 Å². The minimum absolute atomic E-state index is 0.411. The summed E-state index contributed by atoms with van der Waals surface area (Å²) in [5, 5.41) is 1.07. The summed E-state index contributed by atoms with van der Waals surface area (Å²) in [5.41, 5.74) is 0. The Balaban J connectivity index is 1.74. The van der Waals surface area contributed by atoms with Gasteiger partial charge in [0.05, 0.1) is 0 Å². The molecule has 2 heteroatoms. The number of alkyl halides is 1. The molecule has 15 heavy (non-hydrogen) atoms. The second kappa shape index (κ2) is 4.03. The van der Waals surface area contributed by atoms with Crippen molar-refractivity contribution in [1.82, 2.24) is 0 Å². The molecule has 0 saturated heterocycles. The van der Waals surface area contributed by atoms with Crippen LogP contribution in [0.2, 0.25) is 0 Å². The van der Waals surface area contributed by atoms with E-state index < -0.39 is 0 Å². The average Bonchev–Trinajstić information content (AvgIpc) is 2.84. The maximum Gasteiger partial charge on any atom is 0.0489 e. The number of thioether (sulfide) groups is 1. The van der Waals surface area contributed by atoms with Crippen molar-refractivity contribution in [2.75, 3.05) is 0 Å². The lowest BCUT2D eigenvalue weighted by molar-refractivity contribution is 0.499. The normalized spacial score (nSPS) is 38.5. The van der Waals surface area contributed by atoms with E-state index in [1.807, 2.05) is 11.8 Å². The fraction of sp³-hybridized carbons (Fsp3) is 0.538. The van der Waals surface area contributed by atoms with Crippen molar-refractivity contribution in [2.24, 2.45) is 11.8 Å². The molecule has 2 unspecified atom stereocenters. The number of hydrogen-bond acceptors (Lipinski definition) is 1. The molecule has 0 aliphatic heterocycles. The van der Waals surface area contributed by atoms with Gasteiger partial charge in [0, 0.05) is 15.5 Å². The van der Waals surface area contributed by atoms with Gasteiger partial charge in [-0.2, -0.15) is 0 Å². The Kier molecular flexibility index (Phi) is 2.70. The molecule has 1 aromatic rings. The van der Waals surface area contributed by atoms with Crippen LogP contribution in [0.3, 0.4) is 0 Å². The van der Waals surface area contributed by atoms with Crippen molar-refractivity contribution in [1.29, 1.82) is 0 Å². The molecule has 1 aromatic carbocycles. The molecular weight excluding hydrogens is 224 g/mol. The second-order valence-electron chi connectivity index (χ2n) is 4.67. The third-order valence-electron chi connectivity index (χ3n) is 3.76. The first-order chi connectivity index (χ1) is 7.34. The van der Waals surface area contributed by atoms with Gasteiger partial charge in [0.1, 0.15) is 0 Å². The summed E-state index contributed by atoms with van der Waals surface area (Å²) in [4.78, 5) is 1.38. The van der Waals surface area contributed by atoms with E-state index in [1.165, 1.54) is 24.2 Å². The monoisotopic (exact) mass is 238 g/mol. The van der Waals surface area contributed by atoms with E-state index in [4.69, 9.17) is 11.6 Å². The first-order valence-corrected chi connectivity index (χ1v) is 7.02. The summed E-state index contributed by atoms with van der Waals surface area (Å²) in [5.74, 6) is 1.68. The zero-order chi connectivity index (χ0) is 10.3. The van der Waals surface area contributed by atoms with Gasteiger partial charge in [-0.3, -0.25) is 0 Å². The molecule has 0 amide bonds. The van der Waals surface area contributed by atoms with Crippen LogP contribution in [-0.4, -0.2) is 10.6 Å². The highest BCUT2D eigenvalue weighted by Gasteiger charge is 2.46. The van der Waals surface area contributed by atoms with Gasteiger partial charge in [-0.05, 0) is 43.2 Å². The number of halogens is 1. The highest BCUT2D eigenvalue weighted by Crippen LogP contribution is 2.53. The van der Waals surface area contributed by atoms with Crippen LogP contribution in [0.5, 0.6) is 0 Å². The Bertz CT molecular complexity index is 336. The summed E-state index contributed by atoms with van der Waals surface area (Å²) in [6.45, 7) is 0. The molecule has 0 radical (unpaired) electrons. The van der Waals surface area contributed by atoms with Crippen LogP contribution in [0.1, 0.15) is 19.3 Å². The predicted molar refractivity (Wildman–Crippen MR) is 66.6 cm³/mol. The molecule has 0 spiro atoms. The van der Waals surface area contributed by atoms with Crippen LogP contribution in [0.15, 0.2) is 35.2 Å². The summed E-state index contributed by atoms with van der Waals surface area (Å²) in [6.07, 6.45) is 4.14. The number of hydrogen-bond donors (Lipinski definition) is 0. The number of benzene rings is 1. The molecule has 2 saturated carbocycles. The Morgan fingerprint density at radius 3 is 2.47 bits per heavy atom. The van der Waals surface area contributed by atoms with Gasteiger partial charge in [-0.15, -0.1) is 23.4 Å². The Morgan fingerprint density at radius 1 is 1.07 bits per heavy atom. The summed E-state index contributed by atoms with van der Waals surface area (Å²) in [6, 6.07) is 10.7. The molecule has 80 valence electrons. The minimum Gasteiger partial charge on any atom is -0.121 e. The lowest BCUT2D eigenvalue weighted by Crippen LogP contribution is -2.24. The molecule has 3 rings (SSSR count). The quantitative estimate of drug-likeness (QED) is 0.697. The molecular formula is C13H15ClS. The fourth-order valence-corrected chi connectivity index (χ4v) is 5.00.